The lowest BCUT2D eigenvalue weighted by atomic mass is 9.92. The Bertz CT molecular complexity index is 903. The number of halogens is 2. The number of hydrogen-bond acceptors (Lipinski definition) is 3. The number of carbonyl (C=O) groups is 1. The number of amides is 1. The van der Waals surface area contributed by atoms with Crippen LogP contribution in [-0.2, 0) is 16.2 Å². The van der Waals surface area contributed by atoms with E-state index in [2.05, 4.69) is 4.72 Å². The zero-order chi connectivity index (χ0) is 20.7. The first kappa shape index (κ1) is 20.3. The molecule has 2 aliphatic rings. The van der Waals surface area contributed by atoms with Gasteiger partial charge in [-0.3, -0.25) is 4.79 Å². The molecule has 2 fully saturated rings. The summed E-state index contributed by atoms with van der Waals surface area (Å²) in [6, 6.07) is 11.2. The number of benzene rings is 2. The summed E-state index contributed by atoms with van der Waals surface area (Å²) < 4.78 is 42.9. The molecule has 1 saturated carbocycles. The predicted molar refractivity (Wildman–Crippen MR) is 109 cm³/mol. The summed E-state index contributed by atoms with van der Waals surface area (Å²) in [6.45, 7) is 2.52. The van der Waals surface area contributed by atoms with Crippen LogP contribution in [0.25, 0.3) is 11.1 Å². The summed E-state index contributed by atoms with van der Waals surface area (Å²) >= 11 is -1.11. The zero-order valence-corrected chi connectivity index (χ0v) is 17.2. The second-order valence-corrected chi connectivity index (χ2v) is 9.12. The van der Waals surface area contributed by atoms with Gasteiger partial charge in [-0.2, -0.15) is 0 Å². The molecule has 1 amide bonds. The third kappa shape index (κ3) is 3.91. The average molecular weight is 419 g/mol. The lowest BCUT2D eigenvalue weighted by Gasteiger charge is -2.47. The van der Waals surface area contributed by atoms with E-state index in [9.17, 15) is 18.1 Å². The number of nitrogens with zero attached hydrogens (tertiary/aromatic N) is 1. The minimum Gasteiger partial charge on any atom is -0.598 e. The number of hydrogen-bond donors (Lipinski definition) is 1. The van der Waals surface area contributed by atoms with Crippen molar-refractivity contribution in [3.63, 3.8) is 0 Å². The first-order valence-electron chi connectivity index (χ1n) is 9.81. The van der Waals surface area contributed by atoms with Gasteiger partial charge in [-0.25, -0.2) is 8.78 Å². The number of nitrogens with one attached hydrogen (secondary N) is 1. The summed E-state index contributed by atoms with van der Waals surface area (Å²) in [6.07, 6.45) is 3.13. The molecule has 0 bridgehead atoms. The number of rotatable bonds is 6. The summed E-state index contributed by atoms with van der Waals surface area (Å²) in [5, 5.41) is 0. The smallest absolute Gasteiger partial charge is 0.226 e. The van der Waals surface area contributed by atoms with Crippen LogP contribution in [-0.4, -0.2) is 40.2 Å². The zero-order valence-electron chi connectivity index (χ0n) is 16.4. The topological polar surface area (TPSA) is 55.4 Å². The highest BCUT2D eigenvalue weighted by Gasteiger charge is 2.51. The molecule has 154 valence electrons. The first-order valence-corrected chi connectivity index (χ1v) is 11.4. The largest absolute Gasteiger partial charge is 0.598 e. The fraction of sp³-hybridized carbons (Fsp3) is 0.409. The highest BCUT2D eigenvalue weighted by molar-refractivity contribution is 7.88. The quantitative estimate of drug-likeness (QED) is 0.730. The van der Waals surface area contributed by atoms with Gasteiger partial charge >= 0.3 is 0 Å². The monoisotopic (exact) mass is 418 g/mol. The first-order chi connectivity index (χ1) is 13.9. The van der Waals surface area contributed by atoms with Crippen LogP contribution >= 0.6 is 0 Å². The Balaban J connectivity index is 1.53. The van der Waals surface area contributed by atoms with Crippen molar-refractivity contribution in [3.8, 4) is 11.1 Å². The van der Waals surface area contributed by atoms with Gasteiger partial charge in [-0.1, -0.05) is 30.3 Å². The van der Waals surface area contributed by atoms with Crippen LogP contribution in [0, 0.1) is 17.6 Å². The van der Waals surface area contributed by atoms with E-state index in [1.165, 1.54) is 18.2 Å². The fourth-order valence-corrected chi connectivity index (χ4v) is 4.87. The van der Waals surface area contributed by atoms with E-state index in [-0.39, 0.29) is 35.4 Å². The third-order valence-corrected chi connectivity index (χ3v) is 6.53. The minimum atomic E-state index is -1.11. The van der Waals surface area contributed by atoms with Gasteiger partial charge in [-0.05, 0) is 48.9 Å². The highest BCUT2D eigenvalue weighted by atomic mass is 32.2. The van der Waals surface area contributed by atoms with Gasteiger partial charge in [0.15, 0.2) is 0 Å². The van der Waals surface area contributed by atoms with Crippen molar-refractivity contribution in [2.24, 2.45) is 5.92 Å². The third-order valence-electron chi connectivity index (χ3n) is 5.96. The predicted octanol–water partition coefficient (Wildman–Crippen LogP) is 3.61. The normalized spacial score (nSPS) is 26.7. The van der Waals surface area contributed by atoms with Crippen LogP contribution in [0.2, 0.25) is 0 Å². The summed E-state index contributed by atoms with van der Waals surface area (Å²) in [7, 11) is 0. The highest BCUT2D eigenvalue weighted by Crippen LogP contribution is 2.52. The Kier molecular flexibility index (Phi) is 5.64. The molecule has 1 saturated heterocycles. The van der Waals surface area contributed by atoms with Crippen LogP contribution in [0.1, 0.15) is 31.2 Å². The Labute approximate surface area is 172 Å². The molecule has 2 aromatic carbocycles. The lowest BCUT2D eigenvalue weighted by Crippen LogP contribution is -2.61. The molecule has 29 heavy (non-hydrogen) atoms. The van der Waals surface area contributed by atoms with Crippen molar-refractivity contribution in [3.05, 3.63) is 59.7 Å². The Morgan fingerprint density at radius 1 is 1.17 bits per heavy atom. The van der Waals surface area contributed by atoms with Crippen molar-refractivity contribution in [1.29, 1.82) is 0 Å². The van der Waals surface area contributed by atoms with E-state index in [1.807, 2.05) is 24.0 Å². The Morgan fingerprint density at radius 2 is 1.86 bits per heavy atom. The van der Waals surface area contributed by atoms with Gasteiger partial charge in [0.25, 0.3) is 0 Å². The van der Waals surface area contributed by atoms with E-state index in [0.29, 0.717) is 18.5 Å². The average Bonchev–Trinajstić information content (AvgIpc) is 3.46. The summed E-state index contributed by atoms with van der Waals surface area (Å²) in [5.41, 5.74) is 1.29. The van der Waals surface area contributed by atoms with Crippen molar-refractivity contribution >= 4 is 17.3 Å². The molecule has 1 aliphatic heterocycles. The molecular weight excluding hydrogens is 394 g/mol. The van der Waals surface area contributed by atoms with Crippen LogP contribution in [0.15, 0.2) is 42.5 Å². The summed E-state index contributed by atoms with van der Waals surface area (Å²) in [5.74, 6) is -1.35. The second-order valence-electron chi connectivity index (χ2n) is 7.92. The molecule has 1 N–H and O–H groups in total. The molecule has 1 heterocycles. The molecule has 0 spiro atoms. The van der Waals surface area contributed by atoms with Gasteiger partial charge in [0.1, 0.15) is 17.9 Å². The van der Waals surface area contributed by atoms with E-state index in [1.54, 1.807) is 18.4 Å². The van der Waals surface area contributed by atoms with Gasteiger partial charge in [0, 0.05) is 23.3 Å². The lowest BCUT2D eigenvalue weighted by molar-refractivity contribution is -0.145. The molecular formula is C22H24F2N2O2S. The van der Waals surface area contributed by atoms with Gasteiger partial charge in [-0.15, -0.1) is 4.72 Å². The Hall–Kier alpha value is -1.96. The van der Waals surface area contributed by atoms with Crippen molar-refractivity contribution in [2.45, 2.75) is 37.8 Å². The molecule has 5 atom stereocenters. The molecule has 7 heteroatoms. The van der Waals surface area contributed by atoms with Crippen molar-refractivity contribution < 1.29 is 18.1 Å². The van der Waals surface area contributed by atoms with Crippen LogP contribution in [0.5, 0.6) is 0 Å². The number of likely N-dealkylation sites (tertiary alicyclic amines) is 1. The molecule has 4 rings (SSSR count). The van der Waals surface area contributed by atoms with Crippen molar-refractivity contribution in [1.82, 2.24) is 9.62 Å². The standard InChI is InChI=1S/C22H24F2N2O2S/c1-13-10-14(12-25-29(2)28)26(13)22(27)18-11-17(18)15-6-3-4-7-16(15)21-19(23)8-5-9-20(21)24/h3-9,13-14,17-18,25H,10-12H2,1-2H3/t13?,14?,17-,18+,29?/m0/s1. The molecule has 0 radical (unpaired) electrons. The second kappa shape index (κ2) is 8.05. The van der Waals surface area contributed by atoms with Gasteiger partial charge in [0.2, 0.25) is 5.91 Å². The van der Waals surface area contributed by atoms with Gasteiger partial charge < -0.3 is 9.45 Å². The van der Waals surface area contributed by atoms with Crippen LogP contribution in [0.4, 0.5) is 8.78 Å². The van der Waals surface area contributed by atoms with E-state index in [0.717, 1.165) is 12.0 Å². The fourth-order valence-electron chi connectivity index (χ4n) is 4.44. The maximum atomic E-state index is 14.4. The SMILES string of the molecule is CC1CC(CN[S+](C)[O-])N1C(=O)[C@@H]1C[C@H]1c1ccccc1-c1c(F)cccc1F. The van der Waals surface area contributed by atoms with Gasteiger partial charge in [0.05, 0.1) is 18.2 Å². The number of carbonyl (C=O) groups excluding carboxylic acids is 1. The molecule has 0 aromatic heterocycles. The van der Waals surface area contributed by atoms with Crippen LogP contribution < -0.4 is 4.72 Å². The molecule has 2 aromatic rings. The van der Waals surface area contributed by atoms with Crippen LogP contribution in [0.3, 0.4) is 0 Å². The Morgan fingerprint density at radius 3 is 2.52 bits per heavy atom. The maximum absolute atomic E-state index is 14.4. The summed E-state index contributed by atoms with van der Waals surface area (Å²) in [4.78, 5) is 15.0. The molecule has 3 unspecified atom stereocenters. The minimum absolute atomic E-state index is 0.0361. The molecule has 1 aliphatic carbocycles. The van der Waals surface area contributed by atoms with E-state index in [4.69, 9.17) is 0 Å². The maximum Gasteiger partial charge on any atom is 0.226 e. The van der Waals surface area contributed by atoms with Crippen molar-refractivity contribution in [2.75, 3.05) is 12.8 Å². The van der Waals surface area contributed by atoms with E-state index < -0.39 is 23.0 Å². The molecule has 4 nitrogen and oxygen atoms in total. The van der Waals surface area contributed by atoms with E-state index >= 15 is 0 Å².